The van der Waals surface area contributed by atoms with Gasteiger partial charge in [-0.2, -0.15) is 0 Å². The molecule has 0 radical (unpaired) electrons. The van der Waals surface area contributed by atoms with Crippen molar-refractivity contribution >= 4 is 17.7 Å². The van der Waals surface area contributed by atoms with Gasteiger partial charge in [-0.25, -0.2) is 4.79 Å². The number of hydrogen-bond donors (Lipinski definition) is 2. The van der Waals surface area contributed by atoms with E-state index < -0.39 is 0 Å². The molecule has 110 valence electrons. The van der Waals surface area contributed by atoms with Gasteiger partial charge in [-0.1, -0.05) is 25.1 Å². The van der Waals surface area contributed by atoms with Crippen LogP contribution in [0, 0.1) is 19.3 Å². The maximum Gasteiger partial charge on any atom is 0.328 e. The number of anilines is 1. The summed E-state index contributed by atoms with van der Waals surface area (Å²) in [6.07, 6.45) is 0.858. The first-order valence-corrected chi connectivity index (χ1v) is 6.79. The second-order valence-corrected chi connectivity index (χ2v) is 5.07. The molecule has 2 N–H and O–H groups in total. The second-order valence-electron chi connectivity index (χ2n) is 5.07. The molecule has 0 aliphatic rings. The maximum atomic E-state index is 12.4. The van der Waals surface area contributed by atoms with Gasteiger partial charge in [-0.3, -0.25) is 15.6 Å². The van der Waals surface area contributed by atoms with Crippen LogP contribution in [0.2, 0.25) is 0 Å². The fourth-order valence-electron chi connectivity index (χ4n) is 2.05. The normalized spacial score (nSPS) is 10.1. The van der Waals surface area contributed by atoms with Gasteiger partial charge in [0.1, 0.15) is 0 Å². The van der Waals surface area contributed by atoms with Crippen molar-refractivity contribution < 1.29 is 4.79 Å². The molecular weight excluding hydrogens is 252 g/mol. The van der Waals surface area contributed by atoms with Gasteiger partial charge >= 0.3 is 6.03 Å². The molecule has 1 rings (SSSR count). The minimum atomic E-state index is -0.261. The first kappa shape index (κ1) is 16.0. The highest BCUT2D eigenvalue weighted by atomic mass is 16.2. The van der Waals surface area contributed by atoms with Crippen molar-refractivity contribution in [3.05, 3.63) is 29.3 Å². The van der Waals surface area contributed by atoms with E-state index in [1.165, 1.54) is 0 Å². The number of benzene rings is 1. The van der Waals surface area contributed by atoms with Crippen LogP contribution >= 0.6 is 0 Å². The van der Waals surface area contributed by atoms with Gasteiger partial charge in [0.2, 0.25) is 0 Å². The predicted octanol–water partition coefficient (Wildman–Crippen LogP) is 2.73. The largest absolute Gasteiger partial charge is 0.349 e. The van der Waals surface area contributed by atoms with E-state index in [1.807, 2.05) is 39.0 Å². The van der Waals surface area contributed by atoms with Crippen LogP contribution in [0.15, 0.2) is 18.2 Å². The zero-order valence-electron chi connectivity index (χ0n) is 12.9. The van der Waals surface area contributed by atoms with Gasteiger partial charge < -0.3 is 4.90 Å². The van der Waals surface area contributed by atoms with E-state index in [-0.39, 0.29) is 12.0 Å². The van der Waals surface area contributed by atoms with E-state index in [0.717, 1.165) is 23.2 Å². The second kappa shape index (κ2) is 6.93. The Hall–Kier alpha value is -2.04. The van der Waals surface area contributed by atoms with Crippen molar-refractivity contribution in [2.75, 3.05) is 25.5 Å². The van der Waals surface area contributed by atoms with E-state index >= 15 is 0 Å². The molecule has 2 amide bonds. The fraction of sp³-hybridized carbons (Fsp3) is 0.467. The van der Waals surface area contributed by atoms with Crippen LogP contribution in [0.4, 0.5) is 10.5 Å². The van der Waals surface area contributed by atoms with Gasteiger partial charge in [0.25, 0.3) is 0 Å². The summed E-state index contributed by atoms with van der Waals surface area (Å²) in [4.78, 5) is 15.7. The number of amides is 2. The Labute approximate surface area is 121 Å². The SMILES string of the molecule is CCCN(C(=O)NC(=N)N(C)C)c1c(C)cccc1C. The smallest absolute Gasteiger partial charge is 0.328 e. The number of carbonyl (C=O) groups excluding carboxylic acids is 1. The topological polar surface area (TPSA) is 59.4 Å². The number of nitrogens with one attached hydrogen (secondary N) is 2. The molecule has 0 bridgehead atoms. The van der Waals surface area contributed by atoms with Crippen molar-refractivity contribution in [3.8, 4) is 0 Å². The van der Waals surface area contributed by atoms with Gasteiger partial charge in [-0.15, -0.1) is 0 Å². The van der Waals surface area contributed by atoms with E-state index in [9.17, 15) is 4.79 Å². The summed E-state index contributed by atoms with van der Waals surface area (Å²) in [7, 11) is 3.46. The standard InChI is InChI=1S/C15H24N4O/c1-6-10-19(15(20)17-14(16)18(4)5)13-11(2)8-7-9-12(13)3/h7-9H,6,10H2,1-5H3,(H2,16,17,20). The quantitative estimate of drug-likeness (QED) is 0.658. The van der Waals surface area contributed by atoms with Crippen LogP contribution in [-0.2, 0) is 0 Å². The summed E-state index contributed by atoms with van der Waals surface area (Å²) in [6, 6.07) is 5.71. The molecule has 1 aromatic rings. The lowest BCUT2D eigenvalue weighted by Gasteiger charge is -2.27. The Morgan fingerprint density at radius 3 is 2.25 bits per heavy atom. The van der Waals surface area contributed by atoms with Gasteiger partial charge in [0.15, 0.2) is 5.96 Å². The molecule has 0 fully saturated rings. The molecule has 0 saturated heterocycles. The summed E-state index contributed by atoms with van der Waals surface area (Å²) < 4.78 is 0. The molecule has 0 saturated carbocycles. The van der Waals surface area contributed by atoms with E-state index in [1.54, 1.807) is 23.9 Å². The molecule has 0 aliphatic carbocycles. The molecule has 1 aromatic carbocycles. The number of nitrogens with zero attached hydrogens (tertiary/aromatic N) is 2. The van der Waals surface area contributed by atoms with Crippen molar-refractivity contribution in [2.24, 2.45) is 0 Å². The molecule has 0 atom stereocenters. The summed E-state index contributed by atoms with van der Waals surface area (Å²) in [6.45, 7) is 6.65. The van der Waals surface area contributed by atoms with Crippen molar-refractivity contribution in [1.82, 2.24) is 10.2 Å². The number of guanidine groups is 1. The first-order valence-electron chi connectivity index (χ1n) is 6.79. The Balaban J connectivity index is 3.05. The van der Waals surface area contributed by atoms with E-state index in [0.29, 0.717) is 6.54 Å². The average molecular weight is 276 g/mol. The Kier molecular flexibility index (Phi) is 5.55. The highest BCUT2D eigenvalue weighted by Gasteiger charge is 2.19. The van der Waals surface area contributed by atoms with Crippen LogP contribution in [0.1, 0.15) is 24.5 Å². The van der Waals surface area contributed by atoms with Crippen LogP contribution in [0.25, 0.3) is 0 Å². The first-order chi connectivity index (χ1) is 9.38. The van der Waals surface area contributed by atoms with Gasteiger partial charge in [0, 0.05) is 20.6 Å². The molecule has 0 heterocycles. The number of hydrogen-bond acceptors (Lipinski definition) is 2. The lowest BCUT2D eigenvalue weighted by molar-refractivity contribution is 0.249. The van der Waals surface area contributed by atoms with Crippen molar-refractivity contribution in [2.45, 2.75) is 27.2 Å². The third-order valence-electron chi connectivity index (χ3n) is 3.07. The number of para-hydroxylation sites is 1. The summed E-state index contributed by atoms with van der Waals surface area (Å²) in [5.74, 6) is 0.0855. The maximum absolute atomic E-state index is 12.4. The molecule has 5 heteroatoms. The number of carbonyl (C=O) groups is 1. The Bertz CT molecular complexity index is 476. The molecular formula is C15H24N4O. The minimum absolute atomic E-state index is 0.0855. The third kappa shape index (κ3) is 3.73. The molecule has 0 aliphatic heterocycles. The van der Waals surface area contributed by atoms with E-state index in [2.05, 4.69) is 5.32 Å². The van der Waals surface area contributed by atoms with Crippen molar-refractivity contribution in [3.63, 3.8) is 0 Å². The summed E-state index contributed by atoms with van der Waals surface area (Å²) >= 11 is 0. The monoisotopic (exact) mass is 276 g/mol. The minimum Gasteiger partial charge on any atom is -0.349 e. The van der Waals surface area contributed by atoms with Crippen LogP contribution in [0.3, 0.4) is 0 Å². The molecule has 0 unspecified atom stereocenters. The predicted molar refractivity (Wildman–Crippen MR) is 83.5 cm³/mol. The third-order valence-corrected chi connectivity index (χ3v) is 3.07. The molecule has 5 nitrogen and oxygen atoms in total. The fourth-order valence-corrected chi connectivity index (χ4v) is 2.05. The zero-order valence-corrected chi connectivity index (χ0v) is 12.9. The van der Waals surface area contributed by atoms with Crippen molar-refractivity contribution in [1.29, 1.82) is 5.41 Å². The number of aryl methyl sites for hydroxylation is 2. The highest BCUT2D eigenvalue weighted by Crippen LogP contribution is 2.24. The molecule has 0 spiro atoms. The lowest BCUT2D eigenvalue weighted by atomic mass is 10.1. The Morgan fingerprint density at radius 2 is 1.80 bits per heavy atom. The molecule has 20 heavy (non-hydrogen) atoms. The number of rotatable bonds is 3. The zero-order chi connectivity index (χ0) is 15.3. The van der Waals surface area contributed by atoms with Crippen LogP contribution in [-0.4, -0.2) is 37.5 Å². The summed E-state index contributed by atoms with van der Waals surface area (Å²) in [5, 5.41) is 10.3. The van der Waals surface area contributed by atoms with Gasteiger partial charge in [-0.05, 0) is 31.4 Å². The van der Waals surface area contributed by atoms with Crippen LogP contribution < -0.4 is 10.2 Å². The lowest BCUT2D eigenvalue weighted by Crippen LogP contribution is -2.47. The average Bonchev–Trinajstić information content (AvgIpc) is 2.37. The summed E-state index contributed by atoms with van der Waals surface area (Å²) in [5.41, 5.74) is 3.05. The van der Waals surface area contributed by atoms with E-state index in [4.69, 9.17) is 5.41 Å². The van der Waals surface area contributed by atoms with Gasteiger partial charge in [0.05, 0.1) is 5.69 Å². The molecule has 0 aromatic heterocycles. The Morgan fingerprint density at radius 1 is 1.25 bits per heavy atom. The highest BCUT2D eigenvalue weighted by molar-refractivity contribution is 6.03. The van der Waals surface area contributed by atoms with Crippen LogP contribution in [0.5, 0.6) is 0 Å². The number of urea groups is 1.